The van der Waals surface area contributed by atoms with Crippen molar-refractivity contribution in [2.24, 2.45) is 5.92 Å². The molecule has 1 aliphatic heterocycles. The van der Waals surface area contributed by atoms with Crippen molar-refractivity contribution in [2.45, 2.75) is 51.0 Å². The summed E-state index contributed by atoms with van der Waals surface area (Å²) < 4.78 is 0. The lowest BCUT2D eigenvalue weighted by molar-refractivity contribution is -0.140. The number of carbonyl (C=O) groups excluding carboxylic acids is 2. The Labute approximate surface area is 156 Å². The number of carbonyl (C=O) groups is 2. The number of piperidine rings is 1. The fourth-order valence-corrected chi connectivity index (χ4v) is 4.09. The molecule has 3 rings (SSSR count). The predicted molar refractivity (Wildman–Crippen MR) is 104 cm³/mol. The molecule has 1 saturated carbocycles. The second-order valence-electron chi connectivity index (χ2n) is 7.82. The second kappa shape index (κ2) is 8.56. The van der Waals surface area contributed by atoms with Gasteiger partial charge in [-0.3, -0.25) is 9.59 Å². The molecule has 1 atom stereocenters. The number of hydrogen-bond acceptors (Lipinski definition) is 3. The van der Waals surface area contributed by atoms with E-state index in [1.54, 1.807) is 0 Å². The maximum atomic E-state index is 12.5. The molecule has 1 saturated heterocycles. The van der Waals surface area contributed by atoms with Gasteiger partial charge in [-0.25, -0.2) is 0 Å². The number of amides is 2. The van der Waals surface area contributed by atoms with Crippen LogP contribution in [-0.2, 0) is 16.0 Å². The minimum atomic E-state index is -0.0515. The maximum Gasteiger partial charge on any atom is 0.224 e. The molecule has 1 aromatic carbocycles. The van der Waals surface area contributed by atoms with Crippen LogP contribution in [-0.4, -0.2) is 49.9 Å². The summed E-state index contributed by atoms with van der Waals surface area (Å²) in [5.74, 6) is 0.289. The van der Waals surface area contributed by atoms with E-state index in [1.807, 2.05) is 19.0 Å². The van der Waals surface area contributed by atoms with Crippen molar-refractivity contribution < 1.29 is 9.59 Å². The molecule has 5 nitrogen and oxygen atoms in total. The van der Waals surface area contributed by atoms with Gasteiger partial charge in [0.2, 0.25) is 11.8 Å². The fraction of sp³-hybridized carbons (Fsp3) is 0.619. The average Bonchev–Trinajstić information content (AvgIpc) is 3.17. The molecule has 1 aromatic rings. The Morgan fingerprint density at radius 2 is 1.85 bits per heavy atom. The van der Waals surface area contributed by atoms with Gasteiger partial charge in [0.15, 0.2) is 0 Å². The standard InChI is InChI=1S/C21H31N3O2/c1-23(2)18-10-7-16(8-11-18)13-14-22-21(26)17-9-12-20(25)24(15-17)19-5-3-4-6-19/h7-8,10-11,17,19H,3-6,9,12-15H2,1-2H3,(H,22,26)/t17-/m1/s1. The van der Waals surface area contributed by atoms with E-state index in [-0.39, 0.29) is 17.7 Å². The fourth-order valence-electron chi connectivity index (χ4n) is 4.09. The highest BCUT2D eigenvalue weighted by Gasteiger charge is 2.34. The Kier molecular flexibility index (Phi) is 6.17. The lowest BCUT2D eigenvalue weighted by Crippen LogP contribution is -2.49. The van der Waals surface area contributed by atoms with E-state index in [1.165, 1.54) is 24.1 Å². The normalized spacial score (nSPS) is 21.1. The molecule has 0 spiro atoms. The van der Waals surface area contributed by atoms with Crippen LogP contribution in [0.2, 0.25) is 0 Å². The molecule has 0 radical (unpaired) electrons. The van der Waals surface area contributed by atoms with Crippen LogP contribution in [0.4, 0.5) is 5.69 Å². The maximum absolute atomic E-state index is 12.5. The van der Waals surface area contributed by atoms with Gasteiger partial charge in [0.25, 0.3) is 0 Å². The molecule has 1 N–H and O–H groups in total. The molecule has 2 amide bonds. The summed E-state index contributed by atoms with van der Waals surface area (Å²) in [6.45, 7) is 1.25. The quantitative estimate of drug-likeness (QED) is 0.851. The number of rotatable bonds is 6. The highest BCUT2D eigenvalue weighted by Crippen LogP contribution is 2.28. The van der Waals surface area contributed by atoms with Crippen molar-refractivity contribution in [2.75, 3.05) is 32.1 Å². The molecule has 142 valence electrons. The highest BCUT2D eigenvalue weighted by molar-refractivity contribution is 5.84. The van der Waals surface area contributed by atoms with Crippen LogP contribution in [0.3, 0.4) is 0 Å². The van der Waals surface area contributed by atoms with Gasteiger partial charge in [-0.1, -0.05) is 25.0 Å². The summed E-state index contributed by atoms with van der Waals surface area (Å²) in [5, 5.41) is 3.08. The number of nitrogens with one attached hydrogen (secondary N) is 1. The first-order valence-corrected chi connectivity index (χ1v) is 9.88. The summed E-state index contributed by atoms with van der Waals surface area (Å²) in [6, 6.07) is 8.80. The smallest absolute Gasteiger partial charge is 0.224 e. The van der Waals surface area contributed by atoms with Gasteiger partial charge in [0.1, 0.15) is 0 Å². The van der Waals surface area contributed by atoms with Crippen LogP contribution in [0, 0.1) is 5.92 Å². The summed E-state index contributed by atoms with van der Waals surface area (Å²) in [7, 11) is 4.05. The van der Waals surface area contributed by atoms with E-state index in [0.717, 1.165) is 19.3 Å². The minimum Gasteiger partial charge on any atom is -0.378 e. The van der Waals surface area contributed by atoms with E-state index >= 15 is 0 Å². The van der Waals surface area contributed by atoms with Crippen molar-refractivity contribution in [1.29, 1.82) is 0 Å². The van der Waals surface area contributed by atoms with E-state index in [2.05, 4.69) is 34.5 Å². The third-order valence-corrected chi connectivity index (χ3v) is 5.75. The third kappa shape index (κ3) is 4.57. The third-order valence-electron chi connectivity index (χ3n) is 5.75. The van der Waals surface area contributed by atoms with Crippen LogP contribution in [0.1, 0.15) is 44.1 Å². The number of likely N-dealkylation sites (tertiary alicyclic amines) is 1. The zero-order valence-corrected chi connectivity index (χ0v) is 16.0. The second-order valence-corrected chi connectivity index (χ2v) is 7.82. The first-order chi connectivity index (χ1) is 12.5. The molecule has 26 heavy (non-hydrogen) atoms. The summed E-state index contributed by atoms with van der Waals surface area (Å²) in [4.78, 5) is 28.8. The highest BCUT2D eigenvalue weighted by atomic mass is 16.2. The lowest BCUT2D eigenvalue weighted by atomic mass is 9.95. The molecular formula is C21H31N3O2. The van der Waals surface area contributed by atoms with E-state index < -0.39 is 0 Å². The number of hydrogen-bond donors (Lipinski definition) is 1. The molecular weight excluding hydrogens is 326 g/mol. The van der Waals surface area contributed by atoms with Gasteiger partial charge in [-0.15, -0.1) is 0 Å². The van der Waals surface area contributed by atoms with Crippen molar-refractivity contribution in [3.05, 3.63) is 29.8 Å². The molecule has 0 bridgehead atoms. The van der Waals surface area contributed by atoms with Gasteiger partial charge >= 0.3 is 0 Å². The van der Waals surface area contributed by atoms with Crippen LogP contribution >= 0.6 is 0 Å². The molecule has 5 heteroatoms. The summed E-state index contributed by atoms with van der Waals surface area (Å²) >= 11 is 0. The lowest BCUT2D eigenvalue weighted by Gasteiger charge is -2.36. The number of benzene rings is 1. The molecule has 1 heterocycles. The number of nitrogens with zero attached hydrogens (tertiary/aromatic N) is 2. The first-order valence-electron chi connectivity index (χ1n) is 9.88. The van der Waals surface area contributed by atoms with Gasteiger partial charge in [0, 0.05) is 45.3 Å². The monoisotopic (exact) mass is 357 g/mol. The van der Waals surface area contributed by atoms with Crippen LogP contribution in [0.15, 0.2) is 24.3 Å². The van der Waals surface area contributed by atoms with Crippen molar-refractivity contribution in [3.8, 4) is 0 Å². The zero-order valence-electron chi connectivity index (χ0n) is 16.0. The van der Waals surface area contributed by atoms with Crippen molar-refractivity contribution >= 4 is 17.5 Å². The Balaban J connectivity index is 1.46. The molecule has 0 aromatic heterocycles. The Morgan fingerprint density at radius 3 is 2.50 bits per heavy atom. The molecule has 2 aliphatic rings. The summed E-state index contributed by atoms with van der Waals surface area (Å²) in [6.07, 6.45) is 6.64. The van der Waals surface area contributed by atoms with E-state index in [4.69, 9.17) is 0 Å². The average molecular weight is 357 g/mol. The largest absolute Gasteiger partial charge is 0.378 e. The molecule has 1 aliphatic carbocycles. The zero-order chi connectivity index (χ0) is 18.5. The Hall–Kier alpha value is -2.04. The number of anilines is 1. The van der Waals surface area contributed by atoms with E-state index in [0.29, 0.717) is 32.0 Å². The SMILES string of the molecule is CN(C)c1ccc(CCNC(=O)[C@@H]2CCC(=O)N(C3CCCC3)C2)cc1. The van der Waals surface area contributed by atoms with Gasteiger partial charge in [-0.2, -0.15) is 0 Å². The van der Waals surface area contributed by atoms with Crippen molar-refractivity contribution in [1.82, 2.24) is 10.2 Å². The topological polar surface area (TPSA) is 52.7 Å². The van der Waals surface area contributed by atoms with Crippen molar-refractivity contribution in [3.63, 3.8) is 0 Å². The van der Waals surface area contributed by atoms with Crippen LogP contribution < -0.4 is 10.2 Å². The van der Waals surface area contributed by atoms with Crippen LogP contribution in [0.25, 0.3) is 0 Å². The first kappa shape index (κ1) is 18.7. The van der Waals surface area contributed by atoms with Gasteiger partial charge in [0.05, 0.1) is 5.92 Å². The van der Waals surface area contributed by atoms with Gasteiger partial charge in [-0.05, 0) is 43.4 Å². The van der Waals surface area contributed by atoms with Crippen LogP contribution in [0.5, 0.6) is 0 Å². The molecule has 2 fully saturated rings. The Morgan fingerprint density at radius 1 is 1.15 bits per heavy atom. The minimum absolute atomic E-state index is 0.0515. The van der Waals surface area contributed by atoms with E-state index in [9.17, 15) is 9.59 Å². The molecule has 0 unspecified atom stereocenters. The van der Waals surface area contributed by atoms with Gasteiger partial charge < -0.3 is 15.1 Å². The summed E-state index contributed by atoms with van der Waals surface area (Å²) in [5.41, 5.74) is 2.40. The predicted octanol–water partition coefficient (Wildman–Crippen LogP) is 2.59. The Bertz CT molecular complexity index is 621.